The van der Waals surface area contributed by atoms with E-state index in [0.717, 1.165) is 5.69 Å². The summed E-state index contributed by atoms with van der Waals surface area (Å²) in [6.45, 7) is 12.7. The van der Waals surface area contributed by atoms with Gasteiger partial charge in [-0.2, -0.15) is 0 Å². The Morgan fingerprint density at radius 2 is 1.58 bits per heavy atom. The summed E-state index contributed by atoms with van der Waals surface area (Å²) < 4.78 is 0. The SMILES string of the molecule is CC(C)C(C)NC(=O)Nc1ccc(C(C)(C)C)cc1. The predicted molar refractivity (Wildman–Crippen MR) is 81.6 cm³/mol. The zero-order valence-corrected chi connectivity index (χ0v) is 12.9. The molecule has 1 atom stereocenters. The van der Waals surface area contributed by atoms with Crippen LogP contribution < -0.4 is 10.6 Å². The van der Waals surface area contributed by atoms with E-state index < -0.39 is 0 Å². The number of hydrogen-bond acceptors (Lipinski definition) is 1. The van der Waals surface area contributed by atoms with Gasteiger partial charge in [0.2, 0.25) is 0 Å². The maximum atomic E-state index is 11.8. The van der Waals surface area contributed by atoms with Gasteiger partial charge < -0.3 is 10.6 Å². The van der Waals surface area contributed by atoms with Gasteiger partial charge in [0.1, 0.15) is 0 Å². The van der Waals surface area contributed by atoms with Crippen molar-refractivity contribution in [3.8, 4) is 0 Å². The summed E-state index contributed by atoms with van der Waals surface area (Å²) in [7, 11) is 0. The van der Waals surface area contributed by atoms with Crippen LogP contribution in [0.4, 0.5) is 10.5 Å². The Balaban J connectivity index is 2.61. The van der Waals surface area contributed by atoms with Crippen LogP contribution in [0.5, 0.6) is 0 Å². The van der Waals surface area contributed by atoms with Gasteiger partial charge in [-0.15, -0.1) is 0 Å². The molecular formula is C16H26N2O. The van der Waals surface area contributed by atoms with Crippen LogP contribution in [0.25, 0.3) is 0 Å². The van der Waals surface area contributed by atoms with E-state index in [1.54, 1.807) is 0 Å². The Morgan fingerprint density at radius 3 is 2.00 bits per heavy atom. The van der Waals surface area contributed by atoms with Crippen LogP contribution in [-0.2, 0) is 5.41 Å². The highest BCUT2D eigenvalue weighted by molar-refractivity contribution is 5.89. The molecule has 2 N–H and O–H groups in total. The van der Waals surface area contributed by atoms with Crippen LogP contribution in [0.1, 0.15) is 47.1 Å². The molecular weight excluding hydrogens is 236 g/mol. The van der Waals surface area contributed by atoms with E-state index in [1.807, 2.05) is 19.1 Å². The molecule has 0 aliphatic carbocycles. The van der Waals surface area contributed by atoms with Gasteiger partial charge in [0.25, 0.3) is 0 Å². The lowest BCUT2D eigenvalue weighted by Gasteiger charge is -2.20. The normalized spacial score (nSPS) is 13.2. The maximum Gasteiger partial charge on any atom is 0.319 e. The van der Waals surface area contributed by atoms with Crippen molar-refractivity contribution in [2.75, 3.05) is 5.32 Å². The van der Waals surface area contributed by atoms with Gasteiger partial charge in [0.05, 0.1) is 0 Å². The fourth-order valence-electron chi connectivity index (χ4n) is 1.59. The molecule has 0 aromatic heterocycles. The first-order valence-electron chi connectivity index (χ1n) is 6.88. The van der Waals surface area contributed by atoms with Crippen LogP contribution in [0.3, 0.4) is 0 Å². The van der Waals surface area contributed by atoms with Crippen LogP contribution in [0.15, 0.2) is 24.3 Å². The number of hydrogen-bond donors (Lipinski definition) is 2. The van der Waals surface area contributed by atoms with Crippen molar-refractivity contribution in [3.63, 3.8) is 0 Å². The van der Waals surface area contributed by atoms with Crippen molar-refractivity contribution < 1.29 is 4.79 Å². The average Bonchev–Trinajstić information content (AvgIpc) is 2.28. The summed E-state index contributed by atoms with van der Waals surface area (Å²) in [5.41, 5.74) is 2.21. The molecule has 0 aliphatic heterocycles. The molecule has 1 unspecified atom stereocenters. The summed E-state index contributed by atoms with van der Waals surface area (Å²) in [6, 6.07) is 8.02. The highest BCUT2D eigenvalue weighted by Gasteiger charge is 2.14. The second kappa shape index (κ2) is 6.09. The maximum absolute atomic E-state index is 11.8. The minimum absolute atomic E-state index is 0.132. The Kier molecular flexibility index (Phi) is 4.98. The molecule has 0 spiro atoms. The van der Waals surface area contributed by atoms with Crippen molar-refractivity contribution in [3.05, 3.63) is 29.8 Å². The Hall–Kier alpha value is -1.51. The summed E-state index contributed by atoms with van der Waals surface area (Å²) >= 11 is 0. The molecule has 0 saturated heterocycles. The molecule has 19 heavy (non-hydrogen) atoms. The van der Waals surface area contributed by atoms with E-state index in [1.165, 1.54) is 5.56 Å². The zero-order chi connectivity index (χ0) is 14.6. The Labute approximate surface area is 116 Å². The minimum Gasteiger partial charge on any atom is -0.335 e. The second-order valence-corrected chi connectivity index (χ2v) is 6.46. The number of anilines is 1. The fourth-order valence-corrected chi connectivity index (χ4v) is 1.59. The molecule has 2 amide bonds. The van der Waals surface area contributed by atoms with Crippen LogP contribution in [0.2, 0.25) is 0 Å². The third-order valence-electron chi connectivity index (χ3n) is 3.37. The van der Waals surface area contributed by atoms with Crippen molar-refractivity contribution in [1.82, 2.24) is 5.32 Å². The number of urea groups is 1. The molecule has 0 heterocycles. The summed E-state index contributed by atoms with van der Waals surface area (Å²) in [4.78, 5) is 11.8. The lowest BCUT2D eigenvalue weighted by atomic mass is 9.87. The van der Waals surface area contributed by atoms with Gasteiger partial charge in [-0.25, -0.2) is 4.79 Å². The standard InChI is InChI=1S/C16H26N2O/c1-11(2)12(3)17-15(19)18-14-9-7-13(8-10-14)16(4,5)6/h7-12H,1-6H3,(H2,17,18,19). The summed E-state index contributed by atoms with van der Waals surface area (Å²) in [5, 5.41) is 5.78. The third-order valence-corrected chi connectivity index (χ3v) is 3.37. The van der Waals surface area contributed by atoms with Crippen molar-refractivity contribution >= 4 is 11.7 Å². The quantitative estimate of drug-likeness (QED) is 0.844. The van der Waals surface area contributed by atoms with Gasteiger partial charge in [-0.3, -0.25) is 0 Å². The zero-order valence-electron chi connectivity index (χ0n) is 12.9. The fraction of sp³-hybridized carbons (Fsp3) is 0.562. The molecule has 3 nitrogen and oxygen atoms in total. The van der Waals surface area contributed by atoms with Crippen molar-refractivity contribution in [2.45, 2.75) is 53.0 Å². The Bertz CT molecular complexity index is 415. The van der Waals surface area contributed by atoms with E-state index in [4.69, 9.17) is 0 Å². The highest BCUT2D eigenvalue weighted by atomic mass is 16.2. The van der Waals surface area contributed by atoms with Gasteiger partial charge in [-0.05, 0) is 36.0 Å². The summed E-state index contributed by atoms with van der Waals surface area (Å²) in [6.07, 6.45) is 0. The van der Waals surface area contributed by atoms with E-state index in [9.17, 15) is 4.79 Å². The van der Waals surface area contributed by atoms with E-state index in [-0.39, 0.29) is 17.5 Å². The monoisotopic (exact) mass is 262 g/mol. The number of carbonyl (C=O) groups excluding carboxylic acids is 1. The second-order valence-electron chi connectivity index (χ2n) is 6.46. The van der Waals surface area contributed by atoms with Gasteiger partial charge >= 0.3 is 6.03 Å². The predicted octanol–water partition coefficient (Wildman–Crippen LogP) is 4.15. The Morgan fingerprint density at radius 1 is 1.05 bits per heavy atom. The number of carbonyl (C=O) groups is 1. The van der Waals surface area contributed by atoms with E-state index in [2.05, 4.69) is 57.4 Å². The topological polar surface area (TPSA) is 41.1 Å². The summed E-state index contributed by atoms with van der Waals surface area (Å²) in [5.74, 6) is 0.425. The van der Waals surface area contributed by atoms with Gasteiger partial charge in [-0.1, -0.05) is 46.8 Å². The third kappa shape index (κ3) is 4.93. The number of nitrogens with one attached hydrogen (secondary N) is 2. The molecule has 0 fully saturated rings. The van der Waals surface area contributed by atoms with E-state index >= 15 is 0 Å². The number of benzene rings is 1. The van der Waals surface area contributed by atoms with Gasteiger partial charge in [0.15, 0.2) is 0 Å². The van der Waals surface area contributed by atoms with Crippen LogP contribution in [-0.4, -0.2) is 12.1 Å². The average molecular weight is 262 g/mol. The van der Waals surface area contributed by atoms with Crippen molar-refractivity contribution in [2.24, 2.45) is 5.92 Å². The molecule has 0 saturated carbocycles. The lowest BCUT2D eigenvalue weighted by molar-refractivity contribution is 0.246. The molecule has 0 bridgehead atoms. The molecule has 1 rings (SSSR count). The van der Waals surface area contributed by atoms with Crippen LogP contribution >= 0.6 is 0 Å². The molecule has 0 aliphatic rings. The first-order valence-corrected chi connectivity index (χ1v) is 6.88. The molecule has 1 aromatic rings. The minimum atomic E-state index is -0.148. The number of amides is 2. The van der Waals surface area contributed by atoms with Gasteiger partial charge in [0, 0.05) is 11.7 Å². The smallest absolute Gasteiger partial charge is 0.319 e. The molecule has 0 radical (unpaired) electrons. The lowest BCUT2D eigenvalue weighted by Crippen LogP contribution is -2.38. The molecule has 106 valence electrons. The molecule has 3 heteroatoms. The first-order chi connectivity index (χ1) is 8.70. The largest absolute Gasteiger partial charge is 0.335 e. The van der Waals surface area contributed by atoms with Crippen LogP contribution in [0, 0.1) is 5.92 Å². The van der Waals surface area contributed by atoms with E-state index in [0.29, 0.717) is 5.92 Å². The van der Waals surface area contributed by atoms with Crippen molar-refractivity contribution in [1.29, 1.82) is 0 Å². The highest BCUT2D eigenvalue weighted by Crippen LogP contribution is 2.23. The molecule has 1 aromatic carbocycles. The first kappa shape index (κ1) is 15.5. The number of rotatable bonds is 3.